The van der Waals surface area contributed by atoms with Crippen LogP contribution in [0.5, 0.6) is 0 Å². The fraction of sp³-hybridized carbons (Fsp3) is 0.500. The second kappa shape index (κ2) is 8.67. The number of carbonyl (C=O) groups excluding carboxylic acids is 2. The van der Waals surface area contributed by atoms with Gasteiger partial charge in [0.05, 0.1) is 6.61 Å². The summed E-state index contributed by atoms with van der Waals surface area (Å²) < 4.78 is 5.59. The van der Waals surface area contributed by atoms with E-state index < -0.39 is 24.1 Å². The molecule has 0 unspecified atom stereocenters. The van der Waals surface area contributed by atoms with Gasteiger partial charge in [0.2, 0.25) is 0 Å². The molecule has 0 fully saturated rings. The molecule has 0 bridgehead atoms. The van der Waals surface area contributed by atoms with Crippen molar-refractivity contribution in [2.45, 2.75) is 37.9 Å². The smallest absolute Gasteiger partial charge is 0.197 e. The normalized spacial score (nSPS) is 15.2. The van der Waals surface area contributed by atoms with Gasteiger partial charge in [-0.3, -0.25) is 4.79 Å². The minimum Gasteiger partial charge on any atom is -0.394 e. The zero-order valence-corrected chi connectivity index (χ0v) is 12.2. The van der Waals surface area contributed by atoms with Crippen molar-refractivity contribution in [2.75, 3.05) is 13.2 Å². The molecule has 0 spiro atoms. The molecule has 0 aliphatic carbocycles. The molecule has 0 aromatic heterocycles. The monoisotopic (exact) mass is 294 g/mol. The Morgan fingerprint density at radius 1 is 1.38 bits per heavy atom. The number of aliphatic hydroxyl groups is 2. The molecular formula is C16H22O5. The maximum atomic E-state index is 12.7. The van der Waals surface area contributed by atoms with E-state index in [0.717, 1.165) is 6.42 Å². The number of benzene rings is 1. The highest BCUT2D eigenvalue weighted by Crippen LogP contribution is 2.26. The van der Waals surface area contributed by atoms with Crippen molar-refractivity contribution in [3.8, 4) is 0 Å². The first-order valence-corrected chi connectivity index (χ1v) is 7.08. The van der Waals surface area contributed by atoms with Crippen LogP contribution in [0.15, 0.2) is 30.3 Å². The van der Waals surface area contributed by atoms with E-state index in [1.165, 1.54) is 0 Å². The average molecular weight is 294 g/mol. The molecule has 5 nitrogen and oxygen atoms in total. The number of aldehydes is 1. The van der Waals surface area contributed by atoms with E-state index in [-0.39, 0.29) is 13.0 Å². The Bertz CT molecular complexity index is 445. The summed E-state index contributed by atoms with van der Waals surface area (Å²) in [7, 11) is 0. The summed E-state index contributed by atoms with van der Waals surface area (Å²) in [6.45, 7) is 1.55. The Balaban J connectivity index is 3.13. The molecule has 0 aliphatic heterocycles. The number of aliphatic hydroxyl groups excluding tert-OH is 2. The number of unbranched alkanes of at least 4 members (excludes halogenated alkanes) is 1. The summed E-state index contributed by atoms with van der Waals surface area (Å²) in [5, 5.41) is 19.3. The molecule has 0 heterocycles. The minimum absolute atomic E-state index is 0.236. The predicted octanol–water partition coefficient (Wildman–Crippen LogP) is 1.37. The number of hydrogen-bond acceptors (Lipinski definition) is 5. The molecule has 1 aromatic rings. The van der Waals surface area contributed by atoms with Crippen molar-refractivity contribution >= 4 is 12.1 Å². The highest BCUT2D eigenvalue weighted by Gasteiger charge is 2.46. The second-order valence-corrected chi connectivity index (χ2v) is 4.86. The molecule has 0 radical (unpaired) electrons. The summed E-state index contributed by atoms with van der Waals surface area (Å²) in [5.41, 5.74) is -1.39. The first kappa shape index (κ1) is 17.5. The molecule has 0 amide bonds. The summed E-state index contributed by atoms with van der Waals surface area (Å²) >= 11 is 0. The lowest BCUT2D eigenvalue weighted by Gasteiger charge is -2.34. The first-order valence-electron chi connectivity index (χ1n) is 7.08. The zero-order valence-electron chi connectivity index (χ0n) is 12.2. The van der Waals surface area contributed by atoms with Gasteiger partial charge < -0.3 is 19.7 Å². The van der Waals surface area contributed by atoms with Crippen LogP contribution in [0.4, 0.5) is 0 Å². The van der Waals surface area contributed by atoms with E-state index in [1.807, 2.05) is 6.92 Å². The number of ketones is 1. The van der Waals surface area contributed by atoms with Crippen molar-refractivity contribution in [3.05, 3.63) is 35.9 Å². The lowest BCUT2D eigenvalue weighted by molar-refractivity contribution is -0.130. The van der Waals surface area contributed by atoms with Crippen LogP contribution in [0.1, 0.15) is 36.5 Å². The zero-order chi connectivity index (χ0) is 15.7. The fourth-order valence-electron chi connectivity index (χ4n) is 2.10. The van der Waals surface area contributed by atoms with Gasteiger partial charge in [0.15, 0.2) is 11.4 Å². The first-order chi connectivity index (χ1) is 10.1. The Hall–Kier alpha value is -1.56. The Morgan fingerprint density at radius 3 is 2.57 bits per heavy atom. The molecule has 1 rings (SSSR count). The molecule has 0 saturated heterocycles. The van der Waals surface area contributed by atoms with Gasteiger partial charge in [-0.2, -0.15) is 0 Å². The highest BCUT2D eigenvalue weighted by molar-refractivity contribution is 6.04. The van der Waals surface area contributed by atoms with Crippen LogP contribution in [-0.4, -0.2) is 47.2 Å². The van der Waals surface area contributed by atoms with Gasteiger partial charge in [0.25, 0.3) is 0 Å². The van der Waals surface area contributed by atoms with E-state index in [9.17, 15) is 19.8 Å². The summed E-state index contributed by atoms with van der Waals surface area (Å²) in [5.74, 6) is -0.493. The number of carbonyl (C=O) groups is 2. The van der Waals surface area contributed by atoms with Crippen LogP contribution in [0.2, 0.25) is 0 Å². The van der Waals surface area contributed by atoms with E-state index >= 15 is 0 Å². The van der Waals surface area contributed by atoms with Crippen molar-refractivity contribution in [1.29, 1.82) is 0 Å². The van der Waals surface area contributed by atoms with Crippen LogP contribution >= 0.6 is 0 Å². The largest absolute Gasteiger partial charge is 0.394 e. The van der Waals surface area contributed by atoms with Crippen LogP contribution in [0.25, 0.3) is 0 Å². The number of Topliss-reactive ketones (excluding diaryl/α,β-unsaturated/α-hetero) is 1. The Labute approximate surface area is 124 Å². The predicted molar refractivity (Wildman–Crippen MR) is 78.1 cm³/mol. The van der Waals surface area contributed by atoms with E-state index in [4.69, 9.17) is 4.74 Å². The molecule has 0 saturated carbocycles. The third kappa shape index (κ3) is 4.20. The number of rotatable bonds is 10. The van der Waals surface area contributed by atoms with Gasteiger partial charge in [-0.05, 0) is 6.42 Å². The molecule has 1 aromatic carbocycles. The summed E-state index contributed by atoms with van der Waals surface area (Å²) in [6.07, 6.45) is 0.331. The highest BCUT2D eigenvalue weighted by atomic mass is 16.5. The van der Waals surface area contributed by atoms with Crippen molar-refractivity contribution < 1.29 is 24.5 Å². The van der Waals surface area contributed by atoms with Gasteiger partial charge in [0, 0.05) is 18.6 Å². The van der Waals surface area contributed by atoms with Gasteiger partial charge in [-0.25, -0.2) is 0 Å². The standard InChI is InChI=1S/C16H22O5/c1-2-3-11-21-16(9-10-17,14(19)12-18)15(20)13-7-5-4-6-8-13/h4-8,10,14,18-19H,2-3,9,11-12H2,1H3/t14-,16+/m0/s1. The molecule has 2 atom stereocenters. The molecule has 5 heteroatoms. The van der Waals surface area contributed by atoms with E-state index in [1.54, 1.807) is 30.3 Å². The van der Waals surface area contributed by atoms with Gasteiger partial charge in [0.1, 0.15) is 12.4 Å². The second-order valence-electron chi connectivity index (χ2n) is 4.86. The minimum atomic E-state index is -1.73. The maximum Gasteiger partial charge on any atom is 0.197 e. The van der Waals surface area contributed by atoms with E-state index in [2.05, 4.69) is 0 Å². The Kier molecular flexibility index (Phi) is 7.22. The van der Waals surface area contributed by atoms with Crippen LogP contribution < -0.4 is 0 Å². The Morgan fingerprint density at radius 2 is 2.05 bits per heavy atom. The van der Waals surface area contributed by atoms with Crippen LogP contribution in [0, 0.1) is 0 Å². The molecular weight excluding hydrogens is 272 g/mol. The lowest BCUT2D eigenvalue weighted by atomic mass is 9.85. The third-order valence-corrected chi connectivity index (χ3v) is 3.38. The summed E-state index contributed by atoms with van der Waals surface area (Å²) in [4.78, 5) is 23.7. The quantitative estimate of drug-likeness (QED) is 0.387. The molecule has 0 aliphatic rings. The fourth-order valence-corrected chi connectivity index (χ4v) is 2.10. The number of ether oxygens (including phenoxy) is 1. The van der Waals surface area contributed by atoms with Crippen molar-refractivity contribution in [2.24, 2.45) is 0 Å². The van der Waals surface area contributed by atoms with Gasteiger partial charge >= 0.3 is 0 Å². The van der Waals surface area contributed by atoms with Crippen molar-refractivity contribution in [3.63, 3.8) is 0 Å². The van der Waals surface area contributed by atoms with Crippen LogP contribution in [-0.2, 0) is 9.53 Å². The van der Waals surface area contributed by atoms with Crippen LogP contribution in [0.3, 0.4) is 0 Å². The van der Waals surface area contributed by atoms with E-state index in [0.29, 0.717) is 18.3 Å². The maximum absolute atomic E-state index is 12.7. The van der Waals surface area contributed by atoms with Crippen molar-refractivity contribution in [1.82, 2.24) is 0 Å². The average Bonchev–Trinajstić information content (AvgIpc) is 2.53. The summed E-state index contributed by atoms with van der Waals surface area (Å²) in [6, 6.07) is 8.33. The topological polar surface area (TPSA) is 83.8 Å². The molecule has 21 heavy (non-hydrogen) atoms. The lowest BCUT2D eigenvalue weighted by Crippen LogP contribution is -2.54. The van der Waals surface area contributed by atoms with Gasteiger partial charge in [-0.15, -0.1) is 0 Å². The SMILES string of the molecule is CCCCO[C@@](CC=O)(C(=O)c1ccccc1)[C@@H](O)CO. The van der Waals surface area contributed by atoms with Gasteiger partial charge in [-0.1, -0.05) is 43.7 Å². The molecule has 2 N–H and O–H groups in total. The number of hydrogen-bond donors (Lipinski definition) is 2. The molecule has 116 valence electrons. The third-order valence-electron chi connectivity index (χ3n) is 3.38.